The summed E-state index contributed by atoms with van der Waals surface area (Å²) in [6.07, 6.45) is 3.13. The maximum atomic E-state index is 13.6. The van der Waals surface area contributed by atoms with Crippen LogP contribution in [0.25, 0.3) is 11.2 Å². The van der Waals surface area contributed by atoms with Gasteiger partial charge < -0.3 is 24.0 Å². The number of ether oxygens (including phenoxy) is 3. The molecular weight excluding hydrogens is 512 g/mol. The molecule has 2 saturated heterocycles. The van der Waals surface area contributed by atoms with Crippen molar-refractivity contribution in [3.05, 3.63) is 15.6 Å². The molecule has 2 aromatic rings. The number of halogens is 1. The molecular formula is C26H37ClN6O5. The van der Waals surface area contributed by atoms with Crippen LogP contribution in [0.15, 0.2) is 4.79 Å². The minimum atomic E-state index is -0.554. The van der Waals surface area contributed by atoms with Gasteiger partial charge in [0.1, 0.15) is 5.60 Å². The minimum Gasteiger partial charge on any atom is -0.444 e. The van der Waals surface area contributed by atoms with Crippen LogP contribution in [-0.4, -0.2) is 81.4 Å². The normalized spacial score (nSPS) is 18.4. The molecule has 0 bridgehead atoms. The van der Waals surface area contributed by atoms with Gasteiger partial charge in [0.05, 0.1) is 13.2 Å². The zero-order valence-corrected chi connectivity index (χ0v) is 23.4. The minimum absolute atomic E-state index is 0.0870. The molecule has 2 aliphatic rings. The Morgan fingerprint density at radius 2 is 1.92 bits per heavy atom. The highest BCUT2D eigenvalue weighted by atomic mass is 35.5. The Morgan fingerprint density at radius 1 is 1.16 bits per heavy atom. The van der Waals surface area contributed by atoms with Crippen LogP contribution in [-0.2, 0) is 27.3 Å². The predicted octanol–water partition coefficient (Wildman–Crippen LogP) is 3.26. The standard InChI is InChI=1S/C26H37ClN6O5/c1-5-6-11-32-20-21(29-24(32)30-13-15-31(16-14-30)25(35)38-26(2,3)4)28-23(27)33(22(20)34)12-9-18-37-19-10-7-8-17-36-19/h19H,7-18H2,1-4H3. The van der Waals surface area contributed by atoms with E-state index in [-0.39, 0.29) is 35.4 Å². The summed E-state index contributed by atoms with van der Waals surface area (Å²) in [5.74, 6) is 6.52. The second-order valence-corrected chi connectivity index (χ2v) is 10.7. The number of hydrogen-bond acceptors (Lipinski definition) is 8. The molecule has 12 heteroatoms. The van der Waals surface area contributed by atoms with E-state index < -0.39 is 5.60 Å². The van der Waals surface area contributed by atoms with Gasteiger partial charge >= 0.3 is 6.09 Å². The number of aromatic nitrogens is 4. The summed E-state index contributed by atoms with van der Waals surface area (Å²) in [5.41, 5.74) is -0.177. The van der Waals surface area contributed by atoms with Gasteiger partial charge in [-0.15, -0.1) is 5.92 Å². The number of imidazole rings is 1. The number of nitrogens with zero attached hydrogens (tertiary/aromatic N) is 6. The SMILES string of the molecule is CC#CCn1c(N2CCN(C(=O)OC(C)(C)C)CC2)nc2nc(Cl)n(CCCOC3CCCCO3)c(=O)c21. The average molecular weight is 549 g/mol. The maximum Gasteiger partial charge on any atom is 0.410 e. The number of carbonyl (C=O) groups excluding carboxylic acids is 1. The molecule has 1 atom stereocenters. The highest BCUT2D eigenvalue weighted by Crippen LogP contribution is 2.23. The summed E-state index contributed by atoms with van der Waals surface area (Å²) in [7, 11) is 0. The molecule has 0 spiro atoms. The lowest BCUT2D eigenvalue weighted by Gasteiger charge is -2.36. The smallest absolute Gasteiger partial charge is 0.410 e. The van der Waals surface area contributed by atoms with E-state index in [1.54, 1.807) is 16.4 Å². The number of carbonyl (C=O) groups is 1. The molecule has 4 heterocycles. The van der Waals surface area contributed by atoms with Crippen LogP contribution >= 0.6 is 11.6 Å². The number of amides is 1. The van der Waals surface area contributed by atoms with E-state index in [4.69, 9.17) is 25.8 Å². The highest BCUT2D eigenvalue weighted by Gasteiger charge is 2.29. The Labute approximate surface area is 228 Å². The van der Waals surface area contributed by atoms with Gasteiger partial charge in [0.15, 0.2) is 17.5 Å². The van der Waals surface area contributed by atoms with E-state index in [2.05, 4.69) is 21.8 Å². The van der Waals surface area contributed by atoms with E-state index in [0.29, 0.717) is 57.2 Å². The predicted molar refractivity (Wildman–Crippen MR) is 144 cm³/mol. The van der Waals surface area contributed by atoms with Gasteiger partial charge in [-0.2, -0.15) is 9.97 Å². The number of piperazine rings is 1. The van der Waals surface area contributed by atoms with Gasteiger partial charge in [-0.05, 0) is 65.0 Å². The van der Waals surface area contributed by atoms with Crippen molar-refractivity contribution in [2.75, 3.05) is 44.3 Å². The Kier molecular flexibility index (Phi) is 9.18. The third-order valence-corrected chi connectivity index (χ3v) is 6.68. The fourth-order valence-corrected chi connectivity index (χ4v) is 4.76. The van der Waals surface area contributed by atoms with E-state index in [1.165, 1.54) is 4.57 Å². The number of fused-ring (bicyclic) bond motifs is 1. The molecule has 0 aliphatic carbocycles. The lowest BCUT2D eigenvalue weighted by atomic mass is 10.2. The molecule has 2 aliphatic heterocycles. The second-order valence-electron chi connectivity index (χ2n) is 10.4. The lowest BCUT2D eigenvalue weighted by Crippen LogP contribution is -2.50. The maximum absolute atomic E-state index is 13.6. The van der Waals surface area contributed by atoms with Crippen LogP contribution in [0.4, 0.5) is 10.7 Å². The summed E-state index contributed by atoms with van der Waals surface area (Å²) in [5, 5.41) is 0.0870. The Hall–Kier alpha value is -2.81. The molecule has 0 saturated carbocycles. The quantitative estimate of drug-likeness (QED) is 0.295. The van der Waals surface area contributed by atoms with Crippen LogP contribution < -0.4 is 10.5 Å². The van der Waals surface area contributed by atoms with Crippen molar-refractivity contribution in [3.63, 3.8) is 0 Å². The molecule has 4 rings (SSSR count). The Bertz CT molecular complexity index is 1240. The summed E-state index contributed by atoms with van der Waals surface area (Å²) >= 11 is 6.43. The second kappa shape index (κ2) is 12.4. The molecule has 11 nitrogen and oxygen atoms in total. The number of hydrogen-bond donors (Lipinski definition) is 0. The molecule has 2 fully saturated rings. The molecule has 38 heavy (non-hydrogen) atoms. The molecule has 1 amide bonds. The van der Waals surface area contributed by atoms with Crippen molar-refractivity contribution >= 4 is 34.8 Å². The summed E-state index contributed by atoms with van der Waals surface area (Å²) in [4.78, 5) is 38.9. The van der Waals surface area contributed by atoms with E-state index in [9.17, 15) is 9.59 Å². The van der Waals surface area contributed by atoms with Crippen LogP contribution in [0, 0.1) is 11.8 Å². The first-order valence-corrected chi connectivity index (χ1v) is 13.6. The third-order valence-electron chi connectivity index (χ3n) is 6.39. The first-order valence-electron chi connectivity index (χ1n) is 13.2. The molecule has 0 radical (unpaired) electrons. The largest absolute Gasteiger partial charge is 0.444 e. The van der Waals surface area contributed by atoms with Gasteiger partial charge in [-0.25, -0.2) is 4.79 Å². The van der Waals surface area contributed by atoms with Crippen molar-refractivity contribution in [2.45, 2.75) is 78.4 Å². The van der Waals surface area contributed by atoms with Gasteiger partial charge in [0.25, 0.3) is 5.56 Å². The fraction of sp³-hybridized carbons (Fsp3) is 0.692. The number of rotatable bonds is 7. The first kappa shape index (κ1) is 28.2. The van der Waals surface area contributed by atoms with Crippen LogP contribution in [0.3, 0.4) is 0 Å². The monoisotopic (exact) mass is 548 g/mol. The van der Waals surface area contributed by atoms with Gasteiger partial charge in [0, 0.05) is 39.3 Å². The van der Waals surface area contributed by atoms with Crippen LogP contribution in [0.2, 0.25) is 5.28 Å². The zero-order chi connectivity index (χ0) is 27.3. The molecule has 1 unspecified atom stereocenters. The molecule has 0 aromatic carbocycles. The average Bonchev–Trinajstić information content (AvgIpc) is 3.24. The van der Waals surface area contributed by atoms with Crippen molar-refractivity contribution in [1.82, 2.24) is 24.0 Å². The van der Waals surface area contributed by atoms with Crippen molar-refractivity contribution < 1.29 is 19.0 Å². The molecule has 208 valence electrons. The van der Waals surface area contributed by atoms with Crippen molar-refractivity contribution in [3.8, 4) is 11.8 Å². The van der Waals surface area contributed by atoms with Gasteiger partial charge in [-0.1, -0.05) is 5.92 Å². The van der Waals surface area contributed by atoms with Crippen molar-refractivity contribution in [1.29, 1.82) is 0 Å². The highest BCUT2D eigenvalue weighted by molar-refractivity contribution is 6.28. The van der Waals surface area contributed by atoms with E-state index >= 15 is 0 Å². The van der Waals surface area contributed by atoms with E-state index in [1.807, 2.05) is 25.7 Å². The fourth-order valence-electron chi connectivity index (χ4n) is 4.52. The van der Waals surface area contributed by atoms with Crippen LogP contribution in [0.1, 0.15) is 53.4 Å². The van der Waals surface area contributed by atoms with Gasteiger partial charge in [-0.3, -0.25) is 13.9 Å². The van der Waals surface area contributed by atoms with Gasteiger partial charge in [0.2, 0.25) is 11.2 Å². The zero-order valence-electron chi connectivity index (χ0n) is 22.7. The molecule has 0 N–H and O–H groups in total. The third kappa shape index (κ3) is 6.79. The van der Waals surface area contributed by atoms with Crippen molar-refractivity contribution in [2.24, 2.45) is 0 Å². The lowest BCUT2D eigenvalue weighted by molar-refractivity contribution is -0.163. The Morgan fingerprint density at radius 3 is 2.58 bits per heavy atom. The number of anilines is 1. The summed E-state index contributed by atoms with van der Waals surface area (Å²) < 4.78 is 20.2. The topological polar surface area (TPSA) is 104 Å². The molecule has 2 aromatic heterocycles. The van der Waals surface area contributed by atoms with E-state index in [0.717, 1.165) is 25.9 Å². The Balaban J connectivity index is 1.51. The van der Waals surface area contributed by atoms with Crippen LogP contribution in [0.5, 0.6) is 0 Å². The summed E-state index contributed by atoms with van der Waals surface area (Å²) in [6, 6.07) is 0. The first-order chi connectivity index (χ1) is 18.2. The summed E-state index contributed by atoms with van der Waals surface area (Å²) in [6.45, 7) is 11.1.